The van der Waals surface area contributed by atoms with Crippen molar-refractivity contribution >= 4 is 21.4 Å². The monoisotopic (exact) mass is 316 g/mol. The first-order chi connectivity index (χ1) is 9.63. The molecule has 0 amide bonds. The fourth-order valence-electron chi connectivity index (χ4n) is 3.07. The van der Waals surface area contributed by atoms with E-state index in [0.29, 0.717) is 23.9 Å². The van der Waals surface area contributed by atoms with E-state index in [-0.39, 0.29) is 12.1 Å². The molecular weight excluding hydrogens is 296 g/mol. The van der Waals surface area contributed by atoms with E-state index in [9.17, 15) is 8.42 Å². The zero-order valence-corrected chi connectivity index (χ0v) is 13.0. The van der Waals surface area contributed by atoms with Crippen LogP contribution in [0.25, 0.3) is 0 Å². The highest BCUT2D eigenvalue weighted by Gasteiger charge is 2.41. The van der Waals surface area contributed by atoms with Crippen molar-refractivity contribution in [3.63, 3.8) is 0 Å². The topological polar surface area (TPSA) is 72.6 Å². The molecule has 2 fully saturated rings. The van der Waals surface area contributed by atoms with Crippen LogP contribution < -0.4 is 5.73 Å². The molecule has 7 heteroatoms. The highest BCUT2D eigenvalue weighted by molar-refractivity contribution is 7.91. The van der Waals surface area contributed by atoms with Crippen molar-refractivity contribution in [2.45, 2.75) is 48.6 Å². The molecule has 0 aromatic carbocycles. The zero-order chi connectivity index (χ0) is 14.2. The summed E-state index contributed by atoms with van der Waals surface area (Å²) in [6.45, 7) is 1.33. The van der Waals surface area contributed by atoms with Crippen molar-refractivity contribution in [1.29, 1.82) is 0 Å². The van der Waals surface area contributed by atoms with Gasteiger partial charge in [-0.3, -0.25) is 0 Å². The van der Waals surface area contributed by atoms with Crippen LogP contribution in [0.5, 0.6) is 0 Å². The summed E-state index contributed by atoms with van der Waals surface area (Å²) in [7, 11) is -3.41. The third kappa shape index (κ3) is 2.53. The average molecular weight is 316 g/mol. The van der Waals surface area contributed by atoms with Gasteiger partial charge in [0.2, 0.25) is 0 Å². The molecule has 1 aromatic rings. The molecule has 0 spiro atoms. The van der Waals surface area contributed by atoms with E-state index < -0.39 is 10.0 Å². The number of fused-ring (bicyclic) bond motifs is 1. The van der Waals surface area contributed by atoms with Crippen LogP contribution in [0.2, 0.25) is 0 Å². The van der Waals surface area contributed by atoms with Crippen molar-refractivity contribution in [3.05, 3.63) is 17.0 Å². The second kappa shape index (κ2) is 5.73. The van der Waals surface area contributed by atoms with Crippen LogP contribution in [0.1, 0.15) is 31.2 Å². The maximum absolute atomic E-state index is 12.8. The predicted molar refractivity (Wildman–Crippen MR) is 78.1 cm³/mol. The third-order valence-electron chi connectivity index (χ3n) is 4.11. The summed E-state index contributed by atoms with van der Waals surface area (Å²) in [6, 6.07) is 1.71. The molecular formula is C13H20N2O3S2. The van der Waals surface area contributed by atoms with Gasteiger partial charge in [-0.25, -0.2) is 8.42 Å². The molecule has 2 heterocycles. The summed E-state index contributed by atoms with van der Waals surface area (Å²) in [4.78, 5) is 0. The number of hydrogen-bond acceptors (Lipinski definition) is 5. The van der Waals surface area contributed by atoms with Crippen LogP contribution in [0.3, 0.4) is 0 Å². The van der Waals surface area contributed by atoms with Crippen LogP contribution in [-0.4, -0.2) is 38.0 Å². The molecule has 0 bridgehead atoms. The second-order valence-electron chi connectivity index (χ2n) is 5.35. The second-order valence-corrected chi connectivity index (χ2v) is 8.38. The summed E-state index contributed by atoms with van der Waals surface area (Å²) in [6.07, 6.45) is 4.15. The van der Waals surface area contributed by atoms with Gasteiger partial charge in [-0.05, 0) is 29.9 Å². The molecule has 2 unspecified atom stereocenters. The van der Waals surface area contributed by atoms with Crippen molar-refractivity contribution < 1.29 is 13.2 Å². The molecule has 2 atom stereocenters. The molecule has 1 aliphatic heterocycles. The van der Waals surface area contributed by atoms with Crippen molar-refractivity contribution in [1.82, 2.24) is 4.31 Å². The number of thiophene rings is 1. The Hall–Kier alpha value is -0.470. The number of nitrogens with two attached hydrogens (primary N) is 1. The zero-order valence-electron chi connectivity index (χ0n) is 11.3. The largest absolute Gasteiger partial charge is 0.375 e. The first-order valence-electron chi connectivity index (χ1n) is 7.04. The van der Waals surface area contributed by atoms with Crippen molar-refractivity contribution in [2.75, 3.05) is 13.2 Å². The van der Waals surface area contributed by atoms with E-state index in [1.165, 1.54) is 11.3 Å². The van der Waals surface area contributed by atoms with E-state index in [4.69, 9.17) is 10.5 Å². The van der Waals surface area contributed by atoms with Crippen LogP contribution in [0, 0.1) is 0 Å². The minimum atomic E-state index is -3.41. The highest BCUT2D eigenvalue weighted by atomic mass is 32.2. The lowest BCUT2D eigenvalue weighted by atomic mass is 9.91. The minimum Gasteiger partial charge on any atom is -0.375 e. The molecule has 112 valence electrons. The molecule has 0 radical (unpaired) electrons. The highest BCUT2D eigenvalue weighted by Crippen LogP contribution is 2.33. The Bertz CT molecular complexity index is 568. The Morgan fingerprint density at radius 3 is 2.95 bits per heavy atom. The van der Waals surface area contributed by atoms with Gasteiger partial charge in [0.25, 0.3) is 10.0 Å². The molecule has 1 saturated heterocycles. The van der Waals surface area contributed by atoms with Crippen LogP contribution >= 0.6 is 11.3 Å². The van der Waals surface area contributed by atoms with E-state index >= 15 is 0 Å². The third-order valence-corrected chi connectivity index (χ3v) is 7.50. The molecule has 1 aromatic heterocycles. The smallest absolute Gasteiger partial charge is 0.252 e. The Morgan fingerprint density at radius 1 is 1.40 bits per heavy atom. The van der Waals surface area contributed by atoms with Crippen molar-refractivity contribution in [3.8, 4) is 0 Å². The average Bonchev–Trinajstić information content (AvgIpc) is 2.96. The number of morpholine rings is 1. The van der Waals surface area contributed by atoms with E-state index in [0.717, 1.165) is 31.2 Å². The maximum Gasteiger partial charge on any atom is 0.252 e. The Kier molecular flexibility index (Phi) is 4.14. The normalized spacial score (nSPS) is 28.2. The van der Waals surface area contributed by atoms with E-state index in [2.05, 4.69) is 0 Å². The van der Waals surface area contributed by atoms with Gasteiger partial charge in [0.15, 0.2) is 0 Å². The molecule has 1 saturated carbocycles. The number of sulfonamides is 1. The summed E-state index contributed by atoms with van der Waals surface area (Å²) in [5.41, 5.74) is 6.45. The lowest BCUT2D eigenvalue weighted by Crippen LogP contribution is -2.54. The Morgan fingerprint density at radius 2 is 2.20 bits per heavy atom. The van der Waals surface area contributed by atoms with Crippen molar-refractivity contribution in [2.24, 2.45) is 5.73 Å². The molecule has 2 N–H and O–H groups in total. The van der Waals surface area contributed by atoms with Gasteiger partial charge in [0.05, 0.1) is 18.8 Å². The summed E-state index contributed by atoms with van der Waals surface area (Å²) in [5.74, 6) is 0. The van der Waals surface area contributed by atoms with Crippen LogP contribution in [0.4, 0.5) is 0 Å². The fraction of sp³-hybridized carbons (Fsp3) is 0.692. The summed E-state index contributed by atoms with van der Waals surface area (Å²) < 4.78 is 33.4. The number of nitrogens with zero attached hydrogens (tertiary/aromatic N) is 1. The Labute approximate surface area is 123 Å². The molecule has 20 heavy (non-hydrogen) atoms. The SMILES string of the molecule is NCc1csc(S(=O)(=O)N2CCOC3CCCCC32)c1. The van der Waals surface area contributed by atoms with Gasteiger partial charge in [-0.1, -0.05) is 12.8 Å². The van der Waals surface area contributed by atoms with Crippen LogP contribution in [-0.2, 0) is 21.3 Å². The van der Waals surface area contributed by atoms with Gasteiger partial charge >= 0.3 is 0 Å². The van der Waals surface area contributed by atoms with E-state index in [1.807, 2.05) is 5.38 Å². The number of rotatable bonds is 3. The molecule has 5 nitrogen and oxygen atoms in total. The fourth-order valence-corrected chi connectivity index (χ4v) is 6.08. The van der Waals surface area contributed by atoms with Gasteiger partial charge in [-0.2, -0.15) is 4.31 Å². The van der Waals surface area contributed by atoms with Gasteiger partial charge in [0.1, 0.15) is 4.21 Å². The van der Waals surface area contributed by atoms with Gasteiger partial charge in [-0.15, -0.1) is 11.3 Å². The summed E-state index contributed by atoms with van der Waals surface area (Å²) in [5, 5.41) is 1.83. The van der Waals surface area contributed by atoms with Gasteiger partial charge < -0.3 is 10.5 Å². The lowest BCUT2D eigenvalue weighted by molar-refractivity contribution is -0.0585. The number of hydrogen-bond donors (Lipinski definition) is 1. The maximum atomic E-state index is 12.8. The Balaban J connectivity index is 1.89. The minimum absolute atomic E-state index is 0.00549. The first kappa shape index (κ1) is 14.5. The van der Waals surface area contributed by atoms with Crippen LogP contribution in [0.15, 0.2) is 15.7 Å². The van der Waals surface area contributed by atoms with Gasteiger partial charge in [0, 0.05) is 13.1 Å². The first-order valence-corrected chi connectivity index (χ1v) is 9.36. The predicted octanol–water partition coefficient (Wildman–Crippen LogP) is 1.54. The molecule has 2 aliphatic rings. The molecule has 1 aliphatic carbocycles. The van der Waals surface area contributed by atoms with E-state index in [1.54, 1.807) is 10.4 Å². The number of ether oxygens (including phenoxy) is 1. The quantitative estimate of drug-likeness (QED) is 0.918. The summed E-state index contributed by atoms with van der Waals surface area (Å²) >= 11 is 1.26. The lowest BCUT2D eigenvalue weighted by Gasteiger charge is -2.42. The molecule has 3 rings (SSSR count). The standard InChI is InChI=1S/C13H20N2O3S2/c14-8-10-7-13(19-9-10)20(16,17)15-5-6-18-12-4-2-1-3-11(12)15/h7,9,11-12H,1-6,8,14H2.